The first-order chi connectivity index (χ1) is 9.75. The molecule has 2 aromatic rings. The number of carbonyl (C=O) groups excluding carboxylic acids is 1. The molecular weight excluding hydrogens is 276 g/mol. The van der Waals surface area contributed by atoms with Gasteiger partial charge in [-0.15, -0.1) is 11.3 Å². The van der Waals surface area contributed by atoms with E-state index in [1.165, 1.54) is 12.4 Å². The largest absolute Gasteiger partial charge is 0.377 e. The van der Waals surface area contributed by atoms with Crippen molar-refractivity contribution in [3.63, 3.8) is 0 Å². The van der Waals surface area contributed by atoms with E-state index in [1.54, 1.807) is 22.4 Å². The predicted octanol–water partition coefficient (Wildman–Crippen LogP) is 1.46. The fourth-order valence-corrected chi connectivity index (χ4v) is 2.84. The van der Waals surface area contributed by atoms with Gasteiger partial charge in [-0.1, -0.05) is 0 Å². The highest BCUT2D eigenvalue weighted by Gasteiger charge is 2.31. The maximum atomic E-state index is 12.5. The van der Waals surface area contributed by atoms with Crippen LogP contribution in [0.1, 0.15) is 27.2 Å². The molecule has 1 aliphatic rings. The molecule has 0 bridgehead atoms. The number of amides is 1. The molecule has 0 spiro atoms. The van der Waals surface area contributed by atoms with Gasteiger partial charge in [-0.2, -0.15) is 0 Å². The summed E-state index contributed by atoms with van der Waals surface area (Å²) >= 11 is 1.58. The van der Waals surface area contributed by atoms with Gasteiger partial charge in [0.1, 0.15) is 5.69 Å². The lowest BCUT2D eigenvalue weighted by atomic mass is 10.1. The zero-order valence-corrected chi connectivity index (χ0v) is 11.8. The van der Waals surface area contributed by atoms with Crippen LogP contribution in [-0.2, 0) is 4.74 Å². The van der Waals surface area contributed by atoms with Gasteiger partial charge in [0.05, 0.1) is 36.2 Å². The molecular formula is C13H14N4O2S. The Morgan fingerprint density at radius 1 is 1.50 bits per heavy atom. The minimum Gasteiger partial charge on any atom is -0.377 e. The molecule has 1 unspecified atom stereocenters. The Balaban J connectivity index is 1.87. The average Bonchev–Trinajstić information content (AvgIpc) is 2.94. The summed E-state index contributed by atoms with van der Waals surface area (Å²) in [6.45, 7) is 3.49. The maximum Gasteiger partial charge on any atom is 0.274 e. The van der Waals surface area contributed by atoms with Crippen molar-refractivity contribution in [2.75, 3.05) is 19.8 Å². The molecule has 0 saturated carbocycles. The number of ether oxygens (including phenoxy) is 1. The summed E-state index contributed by atoms with van der Waals surface area (Å²) in [6.07, 6.45) is 4.56. The molecule has 3 rings (SSSR count). The lowest BCUT2D eigenvalue weighted by Crippen LogP contribution is -2.43. The third kappa shape index (κ3) is 2.54. The molecule has 7 heteroatoms. The number of nitrogens with zero attached hydrogens (tertiary/aromatic N) is 4. The molecule has 1 amide bonds. The fraction of sp³-hybridized carbons (Fsp3) is 0.385. The van der Waals surface area contributed by atoms with Gasteiger partial charge in [0.25, 0.3) is 5.91 Å². The molecule has 20 heavy (non-hydrogen) atoms. The molecule has 104 valence electrons. The molecule has 0 radical (unpaired) electrons. The number of aromatic nitrogens is 3. The minimum atomic E-state index is -0.150. The number of hydrogen-bond acceptors (Lipinski definition) is 6. The van der Waals surface area contributed by atoms with Gasteiger partial charge in [0.2, 0.25) is 0 Å². The number of thiazole rings is 1. The first-order valence-corrected chi connectivity index (χ1v) is 7.20. The van der Waals surface area contributed by atoms with E-state index in [1.807, 2.05) is 12.3 Å². The van der Waals surface area contributed by atoms with Crippen LogP contribution >= 0.6 is 11.3 Å². The smallest absolute Gasteiger partial charge is 0.274 e. The Labute approximate surface area is 120 Å². The monoisotopic (exact) mass is 290 g/mol. The molecule has 6 nitrogen and oxygen atoms in total. The maximum absolute atomic E-state index is 12.5. The van der Waals surface area contributed by atoms with Crippen LogP contribution in [0.3, 0.4) is 0 Å². The van der Waals surface area contributed by atoms with Crippen molar-refractivity contribution < 1.29 is 9.53 Å². The van der Waals surface area contributed by atoms with Gasteiger partial charge >= 0.3 is 0 Å². The van der Waals surface area contributed by atoms with Gasteiger partial charge in [-0.3, -0.25) is 9.78 Å². The zero-order valence-electron chi connectivity index (χ0n) is 11.0. The molecule has 1 aliphatic heterocycles. The zero-order chi connectivity index (χ0) is 13.9. The van der Waals surface area contributed by atoms with Crippen LogP contribution in [0.4, 0.5) is 0 Å². The van der Waals surface area contributed by atoms with Crippen LogP contribution in [0.2, 0.25) is 0 Å². The lowest BCUT2D eigenvalue weighted by molar-refractivity contribution is -0.00409. The van der Waals surface area contributed by atoms with Crippen LogP contribution in [0.15, 0.2) is 24.0 Å². The average molecular weight is 290 g/mol. The Kier molecular flexibility index (Phi) is 3.70. The van der Waals surface area contributed by atoms with Gasteiger partial charge in [-0.05, 0) is 6.92 Å². The van der Waals surface area contributed by atoms with E-state index in [2.05, 4.69) is 15.0 Å². The number of hydrogen-bond donors (Lipinski definition) is 0. The molecule has 0 N–H and O–H groups in total. The van der Waals surface area contributed by atoms with Crippen molar-refractivity contribution in [1.82, 2.24) is 19.9 Å². The fourth-order valence-electron chi connectivity index (χ4n) is 2.18. The van der Waals surface area contributed by atoms with Crippen molar-refractivity contribution >= 4 is 17.2 Å². The van der Waals surface area contributed by atoms with Crippen LogP contribution < -0.4 is 0 Å². The van der Waals surface area contributed by atoms with E-state index in [4.69, 9.17) is 4.74 Å². The quantitative estimate of drug-likeness (QED) is 0.837. The number of rotatable bonds is 2. The summed E-state index contributed by atoms with van der Waals surface area (Å²) in [6, 6.07) is -0.150. The van der Waals surface area contributed by atoms with E-state index >= 15 is 0 Å². The Hall–Kier alpha value is -1.86. The topological polar surface area (TPSA) is 68.2 Å². The van der Waals surface area contributed by atoms with Gasteiger partial charge < -0.3 is 9.64 Å². The molecule has 0 aliphatic carbocycles. The minimum absolute atomic E-state index is 0.128. The first-order valence-electron chi connectivity index (χ1n) is 6.32. The van der Waals surface area contributed by atoms with E-state index in [-0.39, 0.29) is 11.9 Å². The Morgan fingerprint density at radius 3 is 3.10 bits per heavy atom. The van der Waals surface area contributed by atoms with E-state index in [0.717, 1.165) is 10.7 Å². The third-order valence-electron chi connectivity index (χ3n) is 3.15. The highest BCUT2D eigenvalue weighted by Crippen LogP contribution is 2.26. The van der Waals surface area contributed by atoms with Crippen LogP contribution in [0.25, 0.3) is 0 Å². The molecule has 1 saturated heterocycles. The SMILES string of the molecule is Cc1nc(C2COCCN2C(=O)c2cnccn2)cs1. The van der Waals surface area contributed by atoms with Crippen molar-refractivity contribution in [3.8, 4) is 0 Å². The molecule has 0 aromatic carbocycles. The summed E-state index contributed by atoms with van der Waals surface area (Å²) in [5.74, 6) is -0.128. The first kappa shape index (κ1) is 13.1. The summed E-state index contributed by atoms with van der Waals surface area (Å²) in [5.41, 5.74) is 1.23. The second kappa shape index (κ2) is 5.64. The molecule has 3 heterocycles. The molecule has 2 aromatic heterocycles. The molecule has 1 atom stereocenters. The van der Waals surface area contributed by atoms with Crippen LogP contribution in [0.5, 0.6) is 0 Å². The van der Waals surface area contributed by atoms with E-state index < -0.39 is 0 Å². The van der Waals surface area contributed by atoms with E-state index in [0.29, 0.717) is 25.5 Å². The van der Waals surface area contributed by atoms with Crippen molar-refractivity contribution in [3.05, 3.63) is 40.4 Å². The Morgan fingerprint density at radius 2 is 2.40 bits per heavy atom. The van der Waals surface area contributed by atoms with Crippen LogP contribution in [-0.4, -0.2) is 45.5 Å². The molecule has 1 fully saturated rings. The second-order valence-corrected chi connectivity index (χ2v) is 5.53. The summed E-state index contributed by atoms with van der Waals surface area (Å²) in [5, 5.41) is 2.96. The normalized spacial score (nSPS) is 19.1. The number of carbonyl (C=O) groups is 1. The Bertz CT molecular complexity index is 601. The summed E-state index contributed by atoms with van der Waals surface area (Å²) in [7, 11) is 0. The highest BCUT2D eigenvalue weighted by molar-refractivity contribution is 7.09. The highest BCUT2D eigenvalue weighted by atomic mass is 32.1. The standard InChI is InChI=1S/C13H14N4O2S/c1-9-16-11(8-20-9)12-7-19-5-4-17(12)13(18)10-6-14-2-3-15-10/h2-3,6,8,12H,4-5,7H2,1H3. The predicted molar refractivity (Wildman–Crippen MR) is 73.5 cm³/mol. The van der Waals surface area contributed by atoms with Crippen molar-refractivity contribution in [2.45, 2.75) is 13.0 Å². The number of morpholine rings is 1. The van der Waals surface area contributed by atoms with Crippen molar-refractivity contribution in [2.24, 2.45) is 0 Å². The second-order valence-electron chi connectivity index (χ2n) is 4.47. The van der Waals surface area contributed by atoms with Gasteiger partial charge in [0, 0.05) is 24.3 Å². The van der Waals surface area contributed by atoms with Crippen LogP contribution in [0, 0.1) is 6.92 Å². The van der Waals surface area contributed by atoms with Gasteiger partial charge in [-0.25, -0.2) is 9.97 Å². The number of aryl methyl sites for hydroxylation is 1. The summed E-state index contributed by atoms with van der Waals surface area (Å²) in [4.78, 5) is 26.8. The lowest BCUT2D eigenvalue weighted by Gasteiger charge is -2.34. The van der Waals surface area contributed by atoms with Gasteiger partial charge in [0.15, 0.2) is 0 Å². The third-order valence-corrected chi connectivity index (χ3v) is 3.94. The van der Waals surface area contributed by atoms with E-state index in [9.17, 15) is 4.79 Å². The summed E-state index contributed by atoms with van der Waals surface area (Å²) < 4.78 is 5.50. The van der Waals surface area contributed by atoms with Crippen molar-refractivity contribution in [1.29, 1.82) is 0 Å².